The van der Waals surface area contributed by atoms with Gasteiger partial charge in [-0.25, -0.2) is 0 Å². The number of rotatable bonds is 0. The van der Waals surface area contributed by atoms with E-state index < -0.39 is 0 Å². The highest BCUT2D eigenvalue weighted by Crippen LogP contribution is 2.29. The van der Waals surface area contributed by atoms with Crippen molar-refractivity contribution >= 4 is 0 Å². The summed E-state index contributed by atoms with van der Waals surface area (Å²) in [6, 6.07) is 0. The van der Waals surface area contributed by atoms with Gasteiger partial charge in [-0.05, 0) is 25.2 Å². The van der Waals surface area contributed by atoms with Crippen LogP contribution in [0.3, 0.4) is 0 Å². The summed E-state index contributed by atoms with van der Waals surface area (Å²) in [7, 11) is 0. The van der Waals surface area contributed by atoms with E-state index in [0.717, 1.165) is 5.92 Å². The van der Waals surface area contributed by atoms with Gasteiger partial charge in [-0.3, -0.25) is 0 Å². The fourth-order valence-electron chi connectivity index (χ4n) is 1.17. The molecule has 7 heavy (non-hydrogen) atoms. The summed E-state index contributed by atoms with van der Waals surface area (Å²) in [4.78, 5) is 0. The summed E-state index contributed by atoms with van der Waals surface area (Å²) in [6.07, 6.45) is 3.95. The third-order valence-electron chi connectivity index (χ3n) is 1.93. The molecule has 0 aromatic rings. The van der Waals surface area contributed by atoms with Gasteiger partial charge >= 0.3 is 0 Å². The molecule has 1 fully saturated rings. The van der Waals surface area contributed by atoms with Gasteiger partial charge < -0.3 is 0 Å². The Labute approximate surface area is 45.9 Å². The van der Waals surface area contributed by atoms with Crippen LogP contribution in [-0.4, -0.2) is 0 Å². The van der Waals surface area contributed by atoms with Crippen molar-refractivity contribution in [2.24, 2.45) is 11.8 Å². The Morgan fingerprint density at radius 1 is 1.43 bits per heavy atom. The van der Waals surface area contributed by atoms with Crippen LogP contribution in [-0.2, 0) is 0 Å². The van der Waals surface area contributed by atoms with Gasteiger partial charge in [-0.2, -0.15) is 0 Å². The molecule has 2 radical (unpaired) electrons. The minimum absolute atomic E-state index is 0.514. The van der Waals surface area contributed by atoms with E-state index in [1.54, 1.807) is 0 Å². The predicted molar refractivity (Wildman–Crippen MR) is 30.8 cm³/mol. The van der Waals surface area contributed by atoms with Crippen molar-refractivity contribution in [3.05, 3.63) is 6.92 Å². The first-order valence-electron chi connectivity index (χ1n) is 3.06. The van der Waals surface area contributed by atoms with Gasteiger partial charge in [0, 0.05) is 0 Å². The lowest BCUT2D eigenvalue weighted by Gasteiger charge is -2.04. The monoisotopic (exact) mass is 96.1 g/mol. The van der Waals surface area contributed by atoms with Crippen LogP contribution in [0, 0.1) is 18.8 Å². The highest BCUT2D eigenvalue weighted by atomic mass is 14.2. The molecule has 0 heteroatoms. The Morgan fingerprint density at radius 3 is 2.29 bits per heavy atom. The van der Waals surface area contributed by atoms with Crippen molar-refractivity contribution in [1.82, 2.24) is 0 Å². The molecule has 0 heterocycles. The van der Waals surface area contributed by atoms with Crippen molar-refractivity contribution in [2.75, 3.05) is 0 Å². The first-order chi connectivity index (χ1) is 3.30. The molecule has 0 nitrogen and oxygen atoms in total. The molecule has 1 aliphatic carbocycles. The lowest BCUT2D eigenvalue weighted by molar-refractivity contribution is 0.500. The molecule has 0 aliphatic heterocycles. The zero-order valence-electron chi connectivity index (χ0n) is 4.85. The van der Waals surface area contributed by atoms with Gasteiger partial charge in [0.25, 0.3) is 0 Å². The van der Waals surface area contributed by atoms with Crippen molar-refractivity contribution < 1.29 is 0 Å². The van der Waals surface area contributed by atoms with Crippen molar-refractivity contribution in [2.45, 2.75) is 26.2 Å². The fraction of sp³-hybridized carbons (Fsp3) is 0.857. The third-order valence-corrected chi connectivity index (χ3v) is 1.93. The Bertz CT molecular complexity index is 49.1. The maximum atomic E-state index is 5.68. The second-order valence-corrected chi connectivity index (χ2v) is 2.57. The molecule has 1 rings (SSSR count). The summed E-state index contributed by atoms with van der Waals surface area (Å²) < 4.78 is 0. The lowest BCUT2D eigenvalue weighted by Crippen LogP contribution is -1.96. The lowest BCUT2D eigenvalue weighted by atomic mass is 10.0. The van der Waals surface area contributed by atoms with Crippen molar-refractivity contribution in [3.63, 3.8) is 0 Å². The molecule has 0 aromatic heterocycles. The van der Waals surface area contributed by atoms with E-state index >= 15 is 0 Å². The van der Waals surface area contributed by atoms with E-state index in [4.69, 9.17) is 6.92 Å². The smallest absolute Gasteiger partial charge is 0.0315 e. The molecule has 40 valence electrons. The van der Waals surface area contributed by atoms with Crippen LogP contribution < -0.4 is 0 Å². The summed E-state index contributed by atoms with van der Waals surface area (Å²) >= 11 is 0. The van der Waals surface area contributed by atoms with Crippen LogP contribution >= 0.6 is 0 Å². The Morgan fingerprint density at radius 2 is 2.14 bits per heavy atom. The average molecular weight is 96.2 g/mol. The van der Waals surface area contributed by atoms with Crippen molar-refractivity contribution in [3.8, 4) is 0 Å². The average Bonchev–Trinajstić information content (AvgIpc) is 1.91. The van der Waals surface area contributed by atoms with E-state index in [1.165, 1.54) is 19.3 Å². The van der Waals surface area contributed by atoms with E-state index in [2.05, 4.69) is 6.92 Å². The molecular weight excluding hydrogens is 84.1 g/mol. The second-order valence-electron chi connectivity index (χ2n) is 2.57. The topological polar surface area (TPSA) is 0 Å². The molecule has 0 unspecified atom stereocenters. The summed E-state index contributed by atoms with van der Waals surface area (Å²) in [5.41, 5.74) is 0. The van der Waals surface area contributed by atoms with E-state index in [1.807, 2.05) is 0 Å². The predicted octanol–water partition coefficient (Wildman–Crippen LogP) is 2.13. The molecule has 0 N–H and O–H groups in total. The molecular formula is C7H12. The van der Waals surface area contributed by atoms with Gasteiger partial charge in [-0.1, -0.05) is 19.8 Å². The first kappa shape index (κ1) is 5.14. The molecule has 0 saturated heterocycles. The van der Waals surface area contributed by atoms with Crippen LogP contribution in [0.15, 0.2) is 0 Å². The highest BCUT2D eigenvalue weighted by molar-refractivity contribution is 4.74. The van der Waals surface area contributed by atoms with Crippen molar-refractivity contribution in [1.29, 1.82) is 0 Å². The normalized spacial score (nSPS) is 42.0. The molecule has 0 amide bonds. The number of hydrogen-bond acceptors (Lipinski definition) is 0. The van der Waals surface area contributed by atoms with Crippen LogP contribution in [0.4, 0.5) is 0 Å². The molecule has 0 aromatic carbocycles. The van der Waals surface area contributed by atoms with Crippen LogP contribution in [0.25, 0.3) is 0 Å². The van der Waals surface area contributed by atoms with Gasteiger partial charge in [0.2, 0.25) is 0 Å². The van der Waals surface area contributed by atoms with Gasteiger partial charge in [0.15, 0.2) is 0 Å². The second kappa shape index (κ2) is 1.85. The Kier molecular flexibility index (Phi) is 1.36. The van der Waals surface area contributed by atoms with Crippen LogP contribution in [0.2, 0.25) is 0 Å². The molecule has 0 bridgehead atoms. The van der Waals surface area contributed by atoms with E-state index in [-0.39, 0.29) is 0 Å². The molecule has 0 spiro atoms. The molecule has 1 aliphatic rings. The maximum absolute atomic E-state index is 5.68. The number of hydrogen-bond donors (Lipinski definition) is 0. The Hall–Kier alpha value is 0. The zero-order chi connectivity index (χ0) is 5.28. The summed E-state index contributed by atoms with van der Waals surface area (Å²) in [6.45, 7) is 7.91. The van der Waals surface area contributed by atoms with Gasteiger partial charge in [0.05, 0.1) is 0 Å². The largest absolute Gasteiger partial charge is 0.0622 e. The summed E-state index contributed by atoms with van der Waals surface area (Å²) in [5.74, 6) is 1.31. The van der Waals surface area contributed by atoms with Gasteiger partial charge in [0.1, 0.15) is 0 Å². The first-order valence-corrected chi connectivity index (χ1v) is 3.06. The minimum atomic E-state index is 0.514. The van der Waals surface area contributed by atoms with Crippen LogP contribution in [0.5, 0.6) is 0 Å². The van der Waals surface area contributed by atoms with Gasteiger partial charge in [-0.15, -0.1) is 0 Å². The SMILES string of the molecule is [CH][C@@H]1CCC[C@@H]1C. The minimum Gasteiger partial charge on any atom is -0.0622 e. The standard InChI is InChI=1S/C7H12/c1-6-4-3-5-7(6)2/h1,6-7H,3-5H2,2H3/t6-,7+/m1/s1. The third kappa shape index (κ3) is 0.960. The highest BCUT2D eigenvalue weighted by Gasteiger charge is 2.17. The maximum Gasteiger partial charge on any atom is -0.0315 e. The molecule has 2 atom stereocenters. The quantitative estimate of drug-likeness (QED) is 0.433. The fourth-order valence-corrected chi connectivity index (χ4v) is 1.17. The molecule has 1 saturated carbocycles. The van der Waals surface area contributed by atoms with E-state index in [0.29, 0.717) is 5.92 Å². The zero-order valence-corrected chi connectivity index (χ0v) is 4.85. The summed E-state index contributed by atoms with van der Waals surface area (Å²) in [5, 5.41) is 0. The van der Waals surface area contributed by atoms with E-state index in [9.17, 15) is 0 Å². The van der Waals surface area contributed by atoms with Crippen LogP contribution in [0.1, 0.15) is 26.2 Å². The Balaban J connectivity index is 2.33.